The number of unbranched alkanes of at least 4 members (excludes halogenated alkanes) is 1. The smallest absolute Gasteiger partial charge is 0.242 e. The molecule has 2 aromatic rings. The maximum absolute atomic E-state index is 13.3. The third-order valence-electron chi connectivity index (χ3n) is 4.87. The van der Waals surface area contributed by atoms with Crippen LogP contribution in [0.15, 0.2) is 42.5 Å². The molecule has 0 radical (unpaired) electrons. The Morgan fingerprint density at radius 3 is 2.37 bits per heavy atom. The molecule has 2 amide bonds. The molecular weight excluding hydrogens is 443 g/mol. The van der Waals surface area contributed by atoms with Gasteiger partial charge in [-0.3, -0.25) is 9.59 Å². The zero-order chi connectivity index (χ0) is 22.1. The van der Waals surface area contributed by atoms with Crippen molar-refractivity contribution in [1.29, 1.82) is 0 Å². The van der Waals surface area contributed by atoms with E-state index in [1.165, 1.54) is 0 Å². The fraction of sp³-hybridized carbons (Fsp3) is 0.391. The molecule has 1 unspecified atom stereocenters. The van der Waals surface area contributed by atoms with Crippen LogP contribution in [0.2, 0.25) is 15.1 Å². The van der Waals surface area contributed by atoms with Crippen molar-refractivity contribution in [3.8, 4) is 0 Å². The minimum atomic E-state index is -0.600. The van der Waals surface area contributed by atoms with Gasteiger partial charge in [0.25, 0.3) is 0 Å². The number of carbonyl (C=O) groups is 2. The van der Waals surface area contributed by atoms with Crippen LogP contribution >= 0.6 is 34.8 Å². The minimum absolute atomic E-state index is 0.0686. The highest BCUT2D eigenvalue weighted by molar-refractivity contribution is 6.35. The Kier molecular flexibility index (Phi) is 9.96. The summed E-state index contributed by atoms with van der Waals surface area (Å²) in [4.78, 5) is 27.8. The molecule has 2 aromatic carbocycles. The highest BCUT2D eigenvalue weighted by atomic mass is 35.5. The average Bonchev–Trinajstić information content (AvgIpc) is 2.71. The maximum atomic E-state index is 13.3. The Bertz CT molecular complexity index is 873. The zero-order valence-electron chi connectivity index (χ0n) is 17.3. The van der Waals surface area contributed by atoms with E-state index in [4.69, 9.17) is 34.8 Å². The van der Waals surface area contributed by atoms with E-state index >= 15 is 0 Å². The van der Waals surface area contributed by atoms with Crippen molar-refractivity contribution in [3.63, 3.8) is 0 Å². The van der Waals surface area contributed by atoms with E-state index in [9.17, 15) is 9.59 Å². The Labute approximate surface area is 193 Å². The molecule has 30 heavy (non-hydrogen) atoms. The number of rotatable bonds is 10. The second-order valence-electron chi connectivity index (χ2n) is 7.09. The van der Waals surface area contributed by atoms with Gasteiger partial charge >= 0.3 is 0 Å². The first-order valence-corrected chi connectivity index (χ1v) is 11.2. The Morgan fingerprint density at radius 2 is 1.73 bits per heavy atom. The fourth-order valence-corrected chi connectivity index (χ4v) is 3.84. The van der Waals surface area contributed by atoms with E-state index in [1.54, 1.807) is 29.2 Å². The van der Waals surface area contributed by atoms with Gasteiger partial charge in [0.15, 0.2) is 0 Å². The minimum Gasteiger partial charge on any atom is -0.354 e. The molecule has 0 spiro atoms. The van der Waals surface area contributed by atoms with Crippen molar-refractivity contribution in [2.45, 2.75) is 52.1 Å². The number of nitrogens with zero attached hydrogens (tertiary/aromatic N) is 1. The van der Waals surface area contributed by atoms with Gasteiger partial charge in [0, 0.05) is 28.2 Å². The van der Waals surface area contributed by atoms with Gasteiger partial charge < -0.3 is 10.2 Å². The molecule has 162 valence electrons. The van der Waals surface area contributed by atoms with E-state index in [1.807, 2.05) is 25.1 Å². The summed E-state index contributed by atoms with van der Waals surface area (Å²) >= 11 is 18.6. The first-order chi connectivity index (χ1) is 14.4. The van der Waals surface area contributed by atoms with Gasteiger partial charge in [-0.05, 0) is 42.2 Å². The predicted octanol–water partition coefficient (Wildman–Crippen LogP) is 5.91. The molecule has 0 aliphatic heterocycles. The van der Waals surface area contributed by atoms with Crippen molar-refractivity contribution in [3.05, 3.63) is 68.7 Å². The first kappa shape index (κ1) is 24.5. The van der Waals surface area contributed by atoms with E-state index in [0.29, 0.717) is 33.6 Å². The van der Waals surface area contributed by atoms with Crippen LogP contribution in [0, 0.1) is 0 Å². The summed E-state index contributed by atoms with van der Waals surface area (Å²) < 4.78 is 0. The lowest BCUT2D eigenvalue weighted by atomic mass is 10.1. The lowest BCUT2D eigenvalue weighted by molar-refractivity contribution is -0.140. The lowest BCUT2D eigenvalue weighted by Gasteiger charge is -2.31. The van der Waals surface area contributed by atoms with Gasteiger partial charge in [0.1, 0.15) is 6.04 Å². The molecule has 0 aliphatic carbocycles. The van der Waals surface area contributed by atoms with E-state index in [2.05, 4.69) is 12.2 Å². The zero-order valence-corrected chi connectivity index (χ0v) is 19.5. The van der Waals surface area contributed by atoms with Crippen LogP contribution in [-0.4, -0.2) is 29.3 Å². The largest absolute Gasteiger partial charge is 0.354 e. The highest BCUT2D eigenvalue weighted by Crippen LogP contribution is 2.24. The van der Waals surface area contributed by atoms with Crippen LogP contribution in [0.5, 0.6) is 0 Å². The summed E-state index contributed by atoms with van der Waals surface area (Å²) in [7, 11) is 0. The molecule has 2 rings (SSSR count). The second-order valence-corrected chi connectivity index (χ2v) is 8.35. The Morgan fingerprint density at radius 1 is 1.00 bits per heavy atom. The molecular formula is C23H27Cl3N2O2. The maximum Gasteiger partial charge on any atom is 0.242 e. The van der Waals surface area contributed by atoms with Crippen LogP contribution in [0.3, 0.4) is 0 Å². The molecule has 0 aromatic heterocycles. The van der Waals surface area contributed by atoms with Crippen LogP contribution in [0.4, 0.5) is 0 Å². The van der Waals surface area contributed by atoms with Crippen LogP contribution in [0.1, 0.15) is 44.2 Å². The van der Waals surface area contributed by atoms with E-state index < -0.39 is 6.04 Å². The number of benzene rings is 2. The topological polar surface area (TPSA) is 49.4 Å². The van der Waals surface area contributed by atoms with Crippen molar-refractivity contribution in [2.24, 2.45) is 0 Å². The van der Waals surface area contributed by atoms with Gasteiger partial charge in [-0.15, -0.1) is 0 Å². The summed E-state index contributed by atoms with van der Waals surface area (Å²) in [5.74, 6) is -0.356. The van der Waals surface area contributed by atoms with Crippen molar-refractivity contribution < 1.29 is 9.59 Å². The predicted molar refractivity (Wildman–Crippen MR) is 124 cm³/mol. The van der Waals surface area contributed by atoms with Gasteiger partial charge in [-0.1, -0.05) is 79.3 Å². The summed E-state index contributed by atoms with van der Waals surface area (Å²) in [5, 5.41) is 4.43. The number of halogens is 3. The second kappa shape index (κ2) is 12.2. The summed E-state index contributed by atoms with van der Waals surface area (Å²) in [6.45, 7) is 4.78. The van der Waals surface area contributed by atoms with E-state index in [-0.39, 0.29) is 24.8 Å². The number of carbonyl (C=O) groups excluding carboxylic acids is 2. The Hall–Kier alpha value is -1.75. The fourth-order valence-electron chi connectivity index (χ4n) is 3.17. The normalized spacial score (nSPS) is 11.8. The first-order valence-electron chi connectivity index (χ1n) is 10.1. The molecule has 0 saturated carbocycles. The highest BCUT2D eigenvalue weighted by Gasteiger charge is 2.29. The quantitative estimate of drug-likeness (QED) is 0.440. The monoisotopic (exact) mass is 468 g/mol. The molecule has 7 heteroatoms. The SMILES string of the molecule is CCCCNC(=O)C(CC)N(Cc1ccccc1Cl)C(=O)Cc1ccc(Cl)cc1Cl. The summed E-state index contributed by atoms with van der Waals surface area (Å²) in [6, 6.07) is 11.8. The van der Waals surface area contributed by atoms with Crippen molar-refractivity contribution >= 4 is 46.6 Å². The van der Waals surface area contributed by atoms with Crippen molar-refractivity contribution in [2.75, 3.05) is 6.54 Å². The van der Waals surface area contributed by atoms with Crippen molar-refractivity contribution in [1.82, 2.24) is 10.2 Å². The summed E-state index contributed by atoms with van der Waals surface area (Å²) in [6.07, 6.45) is 2.43. The van der Waals surface area contributed by atoms with Gasteiger partial charge in [0.05, 0.1) is 6.42 Å². The molecule has 0 fully saturated rings. The molecule has 0 saturated heterocycles. The van der Waals surface area contributed by atoms with Crippen LogP contribution < -0.4 is 5.32 Å². The van der Waals surface area contributed by atoms with Crippen LogP contribution in [0.25, 0.3) is 0 Å². The Balaban J connectivity index is 2.29. The van der Waals surface area contributed by atoms with Gasteiger partial charge in [0.2, 0.25) is 11.8 Å². The molecule has 1 N–H and O–H groups in total. The molecule has 0 aliphatic rings. The number of hydrogen-bond donors (Lipinski definition) is 1. The number of nitrogens with one attached hydrogen (secondary N) is 1. The molecule has 4 nitrogen and oxygen atoms in total. The molecule has 1 atom stereocenters. The molecule has 0 heterocycles. The van der Waals surface area contributed by atoms with Gasteiger partial charge in [-0.2, -0.15) is 0 Å². The number of amides is 2. The molecule has 0 bridgehead atoms. The summed E-state index contributed by atoms with van der Waals surface area (Å²) in [5.41, 5.74) is 1.45. The number of hydrogen-bond acceptors (Lipinski definition) is 2. The average molecular weight is 470 g/mol. The third-order valence-corrected chi connectivity index (χ3v) is 5.83. The lowest BCUT2D eigenvalue weighted by Crippen LogP contribution is -2.49. The van der Waals surface area contributed by atoms with Crippen LogP contribution in [-0.2, 0) is 22.6 Å². The van der Waals surface area contributed by atoms with E-state index in [0.717, 1.165) is 18.4 Å². The van der Waals surface area contributed by atoms with Gasteiger partial charge in [-0.25, -0.2) is 0 Å². The third kappa shape index (κ3) is 6.90. The standard InChI is InChI=1S/C23H27Cl3N2O2/c1-3-5-12-27-23(30)21(4-2)28(15-17-8-6-7-9-19(17)25)22(29)13-16-10-11-18(24)14-20(16)26/h6-11,14,21H,3-5,12-13,15H2,1-2H3,(H,27,30).